The fourth-order valence-electron chi connectivity index (χ4n) is 1.53. The molecule has 126 valence electrons. The molecule has 0 radical (unpaired) electrons. The van der Waals surface area contributed by atoms with Crippen LogP contribution in [-0.4, -0.2) is 35.8 Å². The van der Waals surface area contributed by atoms with E-state index in [4.69, 9.17) is 4.74 Å². The fourth-order valence-corrected chi connectivity index (χ4v) is 2.42. The zero-order chi connectivity index (χ0) is 17.2. The second kappa shape index (κ2) is 9.89. The Kier molecular flexibility index (Phi) is 8.18. The number of thioether (sulfide) groups is 1. The number of ether oxygens (including phenoxy) is 1. The van der Waals surface area contributed by atoms with E-state index >= 15 is 0 Å². The van der Waals surface area contributed by atoms with Crippen molar-refractivity contribution in [2.24, 2.45) is 0 Å². The highest BCUT2D eigenvalue weighted by Gasteiger charge is 2.18. The van der Waals surface area contributed by atoms with Gasteiger partial charge in [0.25, 0.3) is 5.91 Å². The van der Waals surface area contributed by atoms with Crippen LogP contribution in [0.4, 0.5) is 4.79 Å². The molecular weight excluding hydrogens is 316 g/mol. The van der Waals surface area contributed by atoms with E-state index in [1.807, 2.05) is 44.2 Å². The summed E-state index contributed by atoms with van der Waals surface area (Å²) in [7, 11) is 0. The van der Waals surface area contributed by atoms with Crippen molar-refractivity contribution < 1.29 is 19.1 Å². The third-order valence-corrected chi connectivity index (χ3v) is 4.07. The number of urea groups is 1. The van der Waals surface area contributed by atoms with E-state index in [1.54, 1.807) is 6.92 Å². The molecule has 0 spiro atoms. The van der Waals surface area contributed by atoms with Gasteiger partial charge in [0, 0.05) is 10.9 Å². The minimum atomic E-state index is -0.656. The smallest absolute Gasteiger partial charge is 0.321 e. The Morgan fingerprint density at radius 2 is 1.83 bits per heavy atom. The first-order valence-electron chi connectivity index (χ1n) is 7.41. The molecule has 3 amide bonds. The third kappa shape index (κ3) is 7.69. The van der Waals surface area contributed by atoms with Gasteiger partial charge in [0.05, 0.1) is 0 Å². The molecule has 0 aliphatic carbocycles. The zero-order valence-corrected chi connectivity index (χ0v) is 14.3. The maximum absolute atomic E-state index is 11.8. The average Bonchev–Trinajstić information content (AvgIpc) is 2.53. The zero-order valence-electron chi connectivity index (χ0n) is 13.5. The number of carbonyl (C=O) groups excluding carboxylic acids is 3. The monoisotopic (exact) mass is 338 g/mol. The normalized spacial score (nSPS) is 12.8. The van der Waals surface area contributed by atoms with E-state index < -0.39 is 29.8 Å². The SMILES string of the molecule is CC[C@@H](C)NC(=O)NC(=O)COC(=O)[C@@H](C)Sc1ccccc1. The molecule has 1 aromatic carbocycles. The summed E-state index contributed by atoms with van der Waals surface area (Å²) in [6, 6.07) is 8.80. The number of hydrogen-bond acceptors (Lipinski definition) is 5. The quantitative estimate of drug-likeness (QED) is 0.589. The number of esters is 1. The van der Waals surface area contributed by atoms with Crippen LogP contribution in [0, 0.1) is 0 Å². The Morgan fingerprint density at radius 3 is 2.43 bits per heavy atom. The molecule has 0 aromatic heterocycles. The molecule has 1 rings (SSSR count). The predicted molar refractivity (Wildman–Crippen MR) is 89.1 cm³/mol. The summed E-state index contributed by atoms with van der Waals surface area (Å²) in [5.74, 6) is -1.16. The Bertz CT molecular complexity index is 536. The molecular formula is C16H22N2O4S. The molecule has 0 fully saturated rings. The molecule has 0 saturated heterocycles. The summed E-state index contributed by atoms with van der Waals surface area (Å²) < 4.78 is 4.92. The van der Waals surface area contributed by atoms with Gasteiger partial charge < -0.3 is 10.1 Å². The fraction of sp³-hybridized carbons (Fsp3) is 0.438. The van der Waals surface area contributed by atoms with Gasteiger partial charge in [0.1, 0.15) is 5.25 Å². The third-order valence-electron chi connectivity index (χ3n) is 2.98. The summed E-state index contributed by atoms with van der Waals surface area (Å²) in [5.41, 5.74) is 0. The maximum Gasteiger partial charge on any atom is 0.321 e. The highest BCUT2D eigenvalue weighted by atomic mass is 32.2. The number of imide groups is 1. The maximum atomic E-state index is 11.8. The van der Waals surface area contributed by atoms with Crippen molar-refractivity contribution in [1.82, 2.24) is 10.6 Å². The Morgan fingerprint density at radius 1 is 1.17 bits per heavy atom. The molecule has 0 aliphatic rings. The van der Waals surface area contributed by atoms with Crippen LogP contribution in [0.25, 0.3) is 0 Å². The number of nitrogens with one attached hydrogen (secondary N) is 2. The molecule has 0 bridgehead atoms. The lowest BCUT2D eigenvalue weighted by molar-refractivity contribution is -0.147. The van der Waals surface area contributed by atoms with Crippen molar-refractivity contribution in [2.45, 2.75) is 43.4 Å². The lowest BCUT2D eigenvalue weighted by atomic mass is 10.3. The first-order valence-corrected chi connectivity index (χ1v) is 8.29. The van der Waals surface area contributed by atoms with Gasteiger partial charge in [-0.3, -0.25) is 14.9 Å². The number of rotatable bonds is 7. The highest BCUT2D eigenvalue weighted by Crippen LogP contribution is 2.23. The van der Waals surface area contributed by atoms with Gasteiger partial charge in [-0.05, 0) is 32.4 Å². The largest absolute Gasteiger partial charge is 0.455 e. The van der Waals surface area contributed by atoms with Gasteiger partial charge in [-0.1, -0.05) is 25.1 Å². The summed E-state index contributed by atoms with van der Waals surface area (Å²) in [6.07, 6.45) is 0.755. The highest BCUT2D eigenvalue weighted by molar-refractivity contribution is 8.00. The van der Waals surface area contributed by atoms with Gasteiger partial charge in [-0.15, -0.1) is 11.8 Å². The van der Waals surface area contributed by atoms with Crippen molar-refractivity contribution in [3.8, 4) is 0 Å². The molecule has 0 saturated carbocycles. The standard InChI is InChI=1S/C16H22N2O4S/c1-4-11(2)17-16(21)18-14(19)10-22-15(20)12(3)23-13-8-6-5-7-9-13/h5-9,11-12H,4,10H2,1-3H3,(H2,17,18,19,21)/t11-,12-/m1/s1. The van der Waals surface area contributed by atoms with Crippen molar-refractivity contribution in [1.29, 1.82) is 0 Å². The number of benzene rings is 1. The average molecular weight is 338 g/mol. The van der Waals surface area contributed by atoms with Crippen LogP contribution in [0.2, 0.25) is 0 Å². The Hall–Kier alpha value is -2.02. The van der Waals surface area contributed by atoms with Gasteiger partial charge >= 0.3 is 12.0 Å². The van der Waals surface area contributed by atoms with Crippen LogP contribution in [0.5, 0.6) is 0 Å². The predicted octanol–water partition coefficient (Wildman–Crippen LogP) is 2.33. The van der Waals surface area contributed by atoms with E-state index in [0.717, 1.165) is 11.3 Å². The van der Waals surface area contributed by atoms with Gasteiger partial charge in [0.2, 0.25) is 0 Å². The van der Waals surface area contributed by atoms with Crippen molar-refractivity contribution >= 4 is 29.7 Å². The molecule has 23 heavy (non-hydrogen) atoms. The second-order valence-electron chi connectivity index (χ2n) is 5.01. The molecule has 0 heterocycles. The Balaban J connectivity index is 2.31. The summed E-state index contributed by atoms with van der Waals surface area (Å²) in [6.45, 7) is 4.97. The topological polar surface area (TPSA) is 84.5 Å². The van der Waals surface area contributed by atoms with Crippen LogP contribution in [0.15, 0.2) is 35.2 Å². The van der Waals surface area contributed by atoms with E-state index in [1.165, 1.54) is 11.8 Å². The first kappa shape index (κ1) is 19.0. The van der Waals surface area contributed by atoms with Crippen molar-refractivity contribution in [3.63, 3.8) is 0 Å². The van der Waals surface area contributed by atoms with Crippen molar-refractivity contribution in [2.75, 3.05) is 6.61 Å². The number of hydrogen-bond donors (Lipinski definition) is 2. The Labute approximate surface area is 140 Å². The minimum absolute atomic E-state index is 0.0346. The molecule has 2 atom stereocenters. The second-order valence-corrected chi connectivity index (χ2v) is 6.43. The van der Waals surface area contributed by atoms with Gasteiger partial charge in [-0.2, -0.15) is 0 Å². The van der Waals surface area contributed by atoms with Crippen LogP contribution in [0.1, 0.15) is 27.2 Å². The molecule has 2 N–H and O–H groups in total. The summed E-state index contributed by atoms with van der Waals surface area (Å²) in [4.78, 5) is 35.8. The van der Waals surface area contributed by atoms with Crippen molar-refractivity contribution in [3.05, 3.63) is 30.3 Å². The summed E-state index contributed by atoms with van der Waals surface area (Å²) in [5, 5.41) is 4.26. The van der Waals surface area contributed by atoms with Gasteiger partial charge in [-0.25, -0.2) is 4.79 Å². The lowest BCUT2D eigenvalue weighted by Gasteiger charge is -2.13. The van der Waals surface area contributed by atoms with Crippen LogP contribution < -0.4 is 10.6 Å². The molecule has 1 aromatic rings. The van der Waals surface area contributed by atoms with Gasteiger partial charge in [0.15, 0.2) is 6.61 Å². The minimum Gasteiger partial charge on any atom is -0.455 e. The van der Waals surface area contributed by atoms with E-state index in [2.05, 4.69) is 10.6 Å². The molecule has 0 unspecified atom stereocenters. The van der Waals surface area contributed by atoms with Crippen LogP contribution in [0.3, 0.4) is 0 Å². The molecule has 7 heteroatoms. The van der Waals surface area contributed by atoms with Crippen LogP contribution >= 0.6 is 11.8 Å². The van der Waals surface area contributed by atoms with E-state index in [0.29, 0.717) is 0 Å². The molecule has 6 nitrogen and oxygen atoms in total. The first-order chi connectivity index (χ1) is 10.9. The van der Waals surface area contributed by atoms with E-state index in [9.17, 15) is 14.4 Å². The summed E-state index contributed by atoms with van der Waals surface area (Å²) >= 11 is 1.34. The molecule has 0 aliphatic heterocycles. The number of amides is 3. The van der Waals surface area contributed by atoms with Crippen LogP contribution in [-0.2, 0) is 14.3 Å². The van der Waals surface area contributed by atoms with E-state index in [-0.39, 0.29) is 6.04 Å². The number of carbonyl (C=O) groups is 3. The lowest BCUT2D eigenvalue weighted by Crippen LogP contribution is -2.44.